The summed E-state index contributed by atoms with van der Waals surface area (Å²) in [5.74, 6) is 5.22. The van der Waals surface area contributed by atoms with Crippen LogP contribution in [0.4, 0.5) is 17.1 Å². The molecule has 6 aromatic rings. The van der Waals surface area contributed by atoms with E-state index in [-0.39, 0.29) is 5.41 Å². The van der Waals surface area contributed by atoms with E-state index in [0.717, 1.165) is 35.5 Å². The maximum Gasteiger partial charge on any atom is 0.0543 e. The van der Waals surface area contributed by atoms with Crippen LogP contribution in [0.5, 0.6) is 0 Å². The van der Waals surface area contributed by atoms with Gasteiger partial charge in [0.05, 0.1) is 5.69 Å². The van der Waals surface area contributed by atoms with Gasteiger partial charge in [-0.15, -0.1) is 0 Å². The van der Waals surface area contributed by atoms with Crippen LogP contribution in [0.1, 0.15) is 106 Å². The Kier molecular flexibility index (Phi) is 7.68. The first-order valence-electron chi connectivity index (χ1n) is 22.3. The van der Waals surface area contributed by atoms with Crippen molar-refractivity contribution in [2.45, 2.75) is 94.8 Å². The minimum atomic E-state index is -0.106. The number of hydrogen-bond acceptors (Lipinski definition) is 1. The number of hydrogen-bond donors (Lipinski definition) is 0. The Hall–Kier alpha value is -4.88. The highest BCUT2D eigenvalue weighted by Gasteiger charge is 2.52. The molecule has 7 aliphatic carbocycles. The Morgan fingerprint density at radius 3 is 1.74 bits per heavy atom. The van der Waals surface area contributed by atoms with Crippen molar-refractivity contribution in [3.63, 3.8) is 0 Å². The molecular formula is C56H55N. The summed E-state index contributed by atoms with van der Waals surface area (Å²) in [7, 11) is 0. The molecule has 0 saturated heterocycles. The molecule has 3 unspecified atom stereocenters. The zero-order valence-electron chi connectivity index (χ0n) is 33.8. The minimum Gasteiger partial charge on any atom is -0.310 e. The topological polar surface area (TPSA) is 3.24 Å². The van der Waals surface area contributed by atoms with Crippen LogP contribution < -0.4 is 4.90 Å². The fraction of sp³-hybridized carbons (Fsp3) is 0.357. The van der Waals surface area contributed by atoms with Gasteiger partial charge in [0.2, 0.25) is 0 Å². The molecule has 6 aromatic carbocycles. The van der Waals surface area contributed by atoms with Gasteiger partial charge in [0.15, 0.2) is 0 Å². The number of nitrogens with zero attached hydrogens (tertiary/aromatic N) is 1. The highest BCUT2D eigenvalue weighted by molar-refractivity contribution is 5.95. The highest BCUT2D eigenvalue weighted by atomic mass is 15.1. The van der Waals surface area contributed by atoms with Crippen LogP contribution in [0.15, 0.2) is 140 Å². The molecule has 0 amide bonds. The number of benzene rings is 6. The first-order valence-corrected chi connectivity index (χ1v) is 22.3. The molecule has 6 fully saturated rings. The lowest BCUT2D eigenvalue weighted by atomic mass is 9.47. The largest absolute Gasteiger partial charge is 0.310 e. The molecule has 57 heavy (non-hydrogen) atoms. The van der Waals surface area contributed by atoms with E-state index in [1.165, 1.54) is 126 Å². The average molecular weight is 742 g/mol. The zero-order chi connectivity index (χ0) is 37.9. The van der Waals surface area contributed by atoms with Gasteiger partial charge in [-0.05, 0) is 185 Å². The molecule has 0 aromatic heterocycles. The van der Waals surface area contributed by atoms with E-state index >= 15 is 0 Å². The van der Waals surface area contributed by atoms with Crippen molar-refractivity contribution in [1.82, 2.24) is 0 Å². The van der Waals surface area contributed by atoms with E-state index < -0.39 is 0 Å². The average Bonchev–Trinajstić information content (AvgIpc) is 3.94. The van der Waals surface area contributed by atoms with Gasteiger partial charge >= 0.3 is 0 Å². The second kappa shape index (κ2) is 12.8. The summed E-state index contributed by atoms with van der Waals surface area (Å²) in [5, 5.41) is 0. The van der Waals surface area contributed by atoms with Crippen molar-refractivity contribution in [2.24, 2.45) is 29.6 Å². The Labute approximate surface area is 340 Å². The predicted octanol–water partition coefficient (Wildman–Crippen LogP) is 15.2. The van der Waals surface area contributed by atoms with Crippen LogP contribution in [0, 0.1) is 29.6 Å². The molecule has 0 N–H and O–H groups in total. The summed E-state index contributed by atoms with van der Waals surface area (Å²) in [4.78, 5) is 2.63. The molecule has 3 atom stereocenters. The molecule has 0 radical (unpaired) electrons. The summed E-state index contributed by atoms with van der Waals surface area (Å²) < 4.78 is 0. The van der Waals surface area contributed by atoms with E-state index in [1.54, 1.807) is 11.1 Å². The van der Waals surface area contributed by atoms with Gasteiger partial charge in [0.25, 0.3) is 0 Å². The quantitative estimate of drug-likeness (QED) is 0.157. The number of rotatable bonds is 7. The molecule has 6 bridgehead atoms. The number of anilines is 3. The lowest BCUT2D eigenvalue weighted by molar-refractivity contribution is -0.00491. The maximum atomic E-state index is 2.63. The van der Waals surface area contributed by atoms with Crippen LogP contribution in [0.2, 0.25) is 0 Å². The summed E-state index contributed by atoms with van der Waals surface area (Å²) >= 11 is 0. The standard InChI is InChI=1S/C56H55N/c1-55(2)51-16-10-9-15-46(51)50-31-49(41-13-7-4-8-14-41)54(32-53(50)55)57(44-21-19-42(20-22-44)47-29-36-17-18-43(47)28-36)45-23-24-52(48(30-45)40-11-5-3-6-12-40)56-33-37-25-38(34-56)27-39(26-37)35-56/h3-16,19-24,30-32,36-39,43,47H,17-18,25-29,33-35H2,1-2H3. The SMILES string of the molecule is CC1(C)c2ccccc2-c2cc(-c3ccccc3)c(N(c3ccc(C4CC5CCC4C5)cc3)c3ccc(C45CC6CC(CC(C6)C4)C5)c(-c4ccccc4)c3)cc21. The van der Waals surface area contributed by atoms with Crippen LogP contribution in [-0.2, 0) is 10.8 Å². The molecule has 284 valence electrons. The highest BCUT2D eigenvalue weighted by Crippen LogP contribution is 2.62. The van der Waals surface area contributed by atoms with Crippen molar-refractivity contribution < 1.29 is 0 Å². The van der Waals surface area contributed by atoms with Crippen molar-refractivity contribution in [1.29, 1.82) is 0 Å². The molecule has 1 nitrogen and oxygen atoms in total. The van der Waals surface area contributed by atoms with E-state index in [4.69, 9.17) is 0 Å². The lowest BCUT2D eigenvalue weighted by Crippen LogP contribution is -2.48. The Morgan fingerprint density at radius 1 is 0.456 bits per heavy atom. The van der Waals surface area contributed by atoms with Gasteiger partial charge in [0, 0.05) is 22.4 Å². The van der Waals surface area contributed by atoms with Crippen molar-refractivity contribution in [2.75, 3.05) is 4.90 Å². The molecule has 0 heterocycles. The van der Waals surface area contributed by atoms with Gasteiger partial charge in [-0.2, -0.15) is 0 Å². The minimum absolute atomic E-state index is 0.106. The Morgan fingerprint density at radius 2 is 1.09 bits per heavy atom. The predicted molar refractivity (Wildman–Crippen MR) is 238 cm³/mol. The van der Waals surface area contributed by atoms with Crippen molar-refractivity contribution in [3.8, 4) is 33.4 Å². The summed E-state index contributed by atoms with van der Waals surface area (Å²) in [6.07, 6.45) is 14.1. The third-order valence-corrected chi connectivity index (χ3v) is 16.3. The van der Waals surface area contributed by atoms with Crippen LogP contribution in [-0.4, -0.2) is 0 Å². The summed E-state index contributed by atoms with van der Waals surface area (Å²) in [5.41, 5.74) is 18.0. The van der Waals surface area contributed by atoms with E-state index in [9.17, 15) is 0 Å². The third kappa shape index (κ3) is 5.40. The fourth-order valence-electron chi connectivity index (χ4n) is 14.2. The summed E-state index contributed by atoms with van der Waals surface area (Å²) in [6, 6.07) is 54.3. The second-order valence-electron chi connectivity index (χ2n) is 20.0. The molecule has 6 saturated carbocycles. The van der Waals surface area contributed by atoms with Crippen LogP contribution >= 0.6 is 0 Å². The van der Waals surface area contributed by atoms with E-state index in [0.29, 0.717) is 5.41 Å². The van der Waals surface area contributed by atoms with Crippen LogP contribution in [0.3, 0.4) is 0 Å². The Balaban J connectivity index is 1.08. The van der Waals surface area contributed by atoms with Crippen molar-refractivity contribution in [3.05, 3.63) is 162 Å². The molecule has 7 aliphatic rings. The first-order chi connectivity index (χ1) is 27.9. The zero-order valence-corrected chi connectivity index (χ0v) is 33.8. The summed E-state index contributed by atoms with van der Waals surface area (Å²) in [6.45, 7) is 4.84. The normalized spacial score (nSPS) is 28.4. The molecule has 13 rings (SSSR count). The van der Waals surface area contributed by atoms with Gasteiger partial charge in [-0.3, -0.25) is 0 Å². The first kappa shape index (κ1) is 34.2. The van der Waals surface area contributed by atoms with E-state index in [2.05, 4.69) is 158 Å². The molecule has 0 aliphatic heterocycles. The third-order valence-electron chi connectivity index (χ3n) is 16.3. The molecule has 1 heteroatoms. The van der Waals surface area contributed by atoms with Gasteiger partial charge in [0.1, 0.15) is 0 Å². The molecule has 0 spiro atoms. The maximum absolute atomic E-state index is 2.63. The fourth-order valence-corrected chi connectivity index (χ4v) is 14.2. The second-order valence-corrected chi connectivity index (χ2v) is 20.0. The van der Waals surface area contributed by atoms with Crippen LogP contribution in [0.25, 0.3) is 33.4 Å². The Bertz CT molecular complexity index is 2450. The monoisotopic (exact) mass is 741 g/mol. The van der Waals surface area contributed by atoms with Gasteiger partial charge in [-0.1, -0.05) is 123 Å². The van der Waals surface area contributed by atoms with Gasteiger partial charge < -0.3 is 4.90 Å². The van der Waals surface area contributed by atoms with Crippen molar-refractivity contribution >= 4 is 17.1 Å². The smallest absolute Gasteiger partial charge is 0.0543 e. The van der Waals surface area contributed by atoms with E-state index in [1.807, 2.05) is 0 Å². The van der Waals surface area contributed by atoms with Gasteiger partial charge in [-0.25, -0.2) is 0 Å². The lowest BCUT2D eigenvalue weighted by Gasteiger charge is -2.57. The molecular weight excluding hydrogens is 687 g/mol. The number of fused-ring (bicyclic) bond motifs is 5.